The van der Waals surface area contributed by atoms with Gasteiger partial charge in [0.05, 0.1) is 10.6 Å². The van der Waals surface area contributed by atoms with Gasteiger partial charge in [0.15, 0.2) is 0 Å². The zero-order chi connectivity index (χ0) is 13.3. The molecule has 1 amide bonds. The van der Waals surface area contributed by atoms with Crippen LogP contribution in [0.2, 0.25) is 5.02 Å². The number of carbonyl (C=O) groups excluding carboxylic acids is 1. The van der Waals surface area contributed by atoms with Gasteiger partial charge in [0.1, 0.15) is 5.82 Å². The maximum atomic E-state index is 13.0. The zero-order valence-corrected chi connectivity index (χ0v) is 10.9. The zero-order valence-electron chi connectivity index (χ0n) is 10.2. The number of nitrogens with two attached hydrogens (primary N) is 1. The molecule has 2 rings (SSSR count). The van der Waals surface area contributed by atoms with Crippen LogP contribution in [0.15, 0.2) is 18.2 Å². The Bertz CT molecular complexity index is 476. The highest BCUT2D eigenvalue weighted by atomic mass is 35.5. The summed E-state index contributed by atoms with van der Waals surface area (Å²) in [6.07, 6.45) is 2.16. The number of halogens is 2. The van der Waals surface area contributed by atoms with Gasteiger partial charge < -0.3 is 11.1 Å². The van der Waals surface area contributed by atoms with Crippen LogP contribution in [0, 0.1) is 11.7 Å². The Hall–Kier alpha value is -1.13. The van der Waals surface area contributed by atoms with Crippen molar-refractivity contribution in [1.29, 1.82) is 0 Å². The summed E-state index contributed by atoms with van der Waals surface area (Å²) < 4.78 is 13.0. The van der Waals surface area contributed by atoms with Gasteiger partial charge in [-0.3, -0.25) is 4.79 Å². The molecule has 1 aliphatic carbocycles. The SMILES string of the molecule is CC(CN)(NC(=O)c1ccc(F)c(Cl)c1)C1CC1. The first-order valence-corrected chi connectivity index (χ1v) is 6.32. The van der Waals surface area contributed by atoms with Crippen molar-refractivity contribution in [2.24, 2.45) is 11.7 Å². The summed E-state index contributed by atoms with van der Waals surface area (Å²) in [5.41, 5.74) is 5.69. The summed E-state index contributed by atoms with van der Waals surface area (Å²) in [6, 6.07) is 3.94. The smallest absolute Gasteiger partial charge is 0.251 e. The molecule has 0 saturated heterocycles. The van der Waals surface area contributed by atoms with Crippen molar-refractivity contribution >= 4 is 17.5 Å². The van der Waals surface area contributed by atoms with Crippen LogP contribution in [0.25, 0.3) is 0 Å². The fraction of sp³-hybridized carbons (Fsp3) is 0.462. The van der Waals surface area contributed by atoms with Crippen molar-refractivity contribution in [3.05, 3.63) is 34.6 Å². The van der Waals surface area contributed by atoms with Crippen LogP contribution in [0.5, 0.6) is 0 Å². The first kappa shape index (κ1) is 13.3. The Kier molecular flexibility index (Phi) is 3.59. The van der Waals surface area contributed by atoms with Crippen molar-refractivity contribution < 1.29 is 9.18 Å². The summed E-state index contributed by atoms with van der Waals surface area (Å²) in [5.74, 6) is -0.365. The van der Waals surface area contributed by atoms with Crippen molar-refractivity contribution in [2.45, 2.75) is 25.3 Å². The van der Waals surface area contributed by atoms with Crippen LogP contribution in [0.1, 0.15) is 30.1 Å². The van der Waals surface area contributed by atoms with E-state index in [-0.39, 0.29) is 10.9 Å². The predicted octanol–water partition coefficient (Wildman–Crippen LogP) is 2.34. The molecule has 3 N–H and O–H groups in total. The summed E-state index contributed by atoms with van der Waals surface area (Å²) in [5, 5.41) is 2.87. The fourth-order valence-corrected chi connectivity index (χ4v) is 2.19. The second kappa shape index (κ2) is 4.86. The Balaban J connectivity index is 2.13. The molecule has 1 aromatic carbocycles. The molecule has 1 atom stereocenters. The van der Waals surface area contributed by atoms with E-state index in [1.165, 1.54) is 18.2 Å². The highest BCUT2D eigenvalue weighted by Gasteiger charge is 2.41. The maximum Gasteiger partial charge on any atom is 0.251 e. The highest BCUT2D eigenvalue weighted by molar-refractivity contribution is 6.31. The van der Waals surface area contributed by atoms with Crippen molar-refractivity contribution in [1.82, 2.24) is 5.32 Å². The summed E-state index contributed by atoms with van der Waals surface area (Å²) in [6.45, 7) is 2.33. The monoisotopic (exact) mass is 270 g/mol. The average molecular weight is 271 g/mol. The van der Waals surface area contributed by atoms with E-state index in [1.807, 2.05) is 6.92 Å². The summed E-state index contributed by atoms with van der Waals surface area (Å²) >= 11 is 5.66. The molecule has 0 radical (unpaired) electrons. The normalized spacial score (nSPS) is 18.2. The third kappa shape index (κ3) is 2.65. The van der Waals surface area contributed by atoms with Gasteiger partial charge in [-0.05, 0) is 43.9 Å². The number of nitrogens with one attached hydrogen (secondary N) is 1. The largest absolute Gasteiger partial charge is 0.345 e. The molecule has 0 bridgehead atoms. The van der Waals surface area contributed by atoms with E-state index in [4.69, 9.17) is 17.3 Å². The van der Waals surface area contributed by atoms with Crippen molar-refractivity contribution in [3.8, 4) is 0 Å². The van der Waals surface area contributed by atoms with Crippen molar-refractivity contribution in [2.75, 3.05) is 6.54 Å². The van der Waals surface area contributed by atoms with Crippen LogP contribution < -0.4 is 11.1 Å². The van der Waals surface area contributed by atoms with E-state index in [1.54, 1.807) is 0 Å². The summed E-state index contributed by atoms with van der Waals surface area (Å²) in [7, 11) is 0. The number of hydrogen-bond donors (Lipinski definition) is 2. The number of amides is 1. The van der Waals surface area contributed by atoms with Crippen LogP contribution in [-0.4, -0.2) is 18.0 Å². The highest BCUT2D eigenvalue weighted by Crippen LogP contribution is 2.39. The third-order valence-electron chi connectivity index (χ3n) is 3.48. The minimum absolute atomic E-state index is 0.0523. The molecule has 0 aliphatic heterocycles. The van der Waals surface area contributed by atoms with E-state index in [9.17, 15) is 9.18 Å². The fourth-order valence-electron chi connectivity index (χ4n) is 2.01. The van der Waals surface area contributed by atoms with Gasteiger partial charge in [0.2, 0.25) is 0 Å². The molecular formula is C13H16ClFN2O. The van der Waals surface area contributed by atoms with Crippen LogP contribution in [0.3, 0.4) is 0 Å². The quantitative estimate of drug-likeness (QED) is 0.882. The lowest BCUT2D eigenvalue weighted by Gasteiger charge is -2.29. The molecule has 5 heteroatoms. The molecule has 0 spiro atoms. The predicted molar refractivity (Wildman–Crippen MR) is 69.1 cm³/mol. The summed E-state index contributed by atoms with van der Waals surface area (Å²) in [4.78, 5) is 12.1. The van der Waals surface area contributed by atoms with Gasteiger partial charge in [-0.2, -0.15) is 0 Å². The molecular weight excluding hydrogens is 255 g/mol. The maximum absolute atomic E-state index is 13.0. The van der Waals surface area contributed by atoms with Gasteiger partial charge in [-0.25, -0.2) is 4.39 Å². The van der Waals surface area contributed by atoms with E-state index in [0.717, 1.165) is 12.8 Å². The number of benzene rings is 1. The first-order valence-electron chi connectivity index (χ1n) is 5.94. The average Bonchev–Trinajstić information content (AvgIpc) is 3.16. The lowest BCUT2D eigenvalue weighted by Crippen LogP contribution is -2.53. The van der Waals surface area contributed by atoms with Gasteiger partial charge in [-0.15, -0.1) is 0 Å². The van der Waals surface area contributed by atoms with E-state index >= 15 is 0 Å². The molecule has 1 saturated carbocycles. The topological polar surface area (TPSA) is 55.1 Å². The van der Waals surface area contributed by atoms with E-state index in [2.05, 4.69) is 5.32 Å². The third-order valence-corrected chi connectivity index (χ3v) is 3.77. The van der Waals surface area contributed by atoms with Gasteiger partial charge >= 0.3 is 0 Å². The number of hydrogen-bond acceptors (Lipinski definition) is 2. The Morgan fingerprint density at radius 3 is 2.78 bits per heavy atom. The van der Waals surface area contributed by atoms with Gasteiger partial charge in [-0.1, -0.05) is 11.6 Å². The van der Waals surface area contributed by atoms with Crippen molar-refractivity contribution in [3.63, 3.8) is 0 Å². The van der Waals surface area contributed by atoms with Crippen LogP contribution in [0.4, 0.5) is 4.39 Å². The molecule has 0 heterocycles. The lowest BCUT2D eigenvalue weighted by atomic mass is 9.95. The molecule has 1 unspecified atom stereocenters. The van der Waals surface area contributed by atoms with E-state index in [0.29, 0.717) is 18.0 Å². The van der Waals surface area contributed by atoms with Gasteiger partial charge in [0.25, 0.3) is 5.91 Å². The second-order valence-electron chi connectivity index (χ2n) is 4.98. The molecule has 1 aromatic rings. The minimum Gasteiger partial charge on any atom is -0.345 e. The minimum atomic E-state index is -0.531. The molecule has 1 aliphatic rings. The number of carbonyl (C=O) groups is 1. The molecule has 98 valence electrons. The molecule has 18 heavy (non-hydrogen) atoms. The van der Waals surface area contributed by atoms with E-state index < -0.39 is 11.4 Å². The number of rotatable bonds is 4. The van der Waals surface area contributed by atoms with Gasteiger partial charge in [0, 0.05) is 12.1 Å². The van der Waals surface area contributed by atoms with Crippen LogP contribution in [-0.2, 0) is 0 Å². The Morgan fingerprint density at radius 1 is 1.61 bits per heavy atom. The molecule has 1 fully saturated rings. The molecule has 3 nitrogen and oxygen atoms in total. The molecule has 0 aromatic heterocycles. The second-order valence-corrected chi connectivity index (χ2v) is 5.39. The lowest BCUT2D eigenvalue weighted by molar-refractivity contribution is 0.0898. The van der Waals surface area contributed by atoms with Crippen LogP contribution >= 0.6 is 11.6 Å². The first-order chi connectivity index (χ1) is 8.46. The Labute approximate surface area is 111 Å². The Morgan fingerprint density at radius 2 is 2.28 bits per heavy atom. The standard InChI is InChI=1S/C13H16ClFN2O/c1-13(7-16,9-3-4-9)17-12(18)8-2-5-11(15)10(14)6-8/h2,5-6,9H,3-4,7,16H2,1H3,(H,17,18).